The zero-order chi connectivity index (χ0) is 17.4. The maximum absolute atomic E-state index is 5.33. The summed E-state index contributed by atoms with van der Waals surface area (Å²) in [6, 6.07) is 2.00. The van der Waals surface area contributed by atoms with Crippen LogP contribution >= 0.6 is 24.0 Å². The number of aromatic nitrogens is 1. The molecule has 1 atom stereocenters. The number of rotatable bonds is 7. The van der Waals surface area contributed by atoms with Gasteiger partial charge in [0.05, 0.1) is 12.2 Å². The molecule has 6 nitrogen and oxygen atoms in total. The molecule has 144 valence electrons. The Hall–Kier alpha value is -0.830. The van der Waals surface area contributed by atoms with Crippen molar-refractivity contribution >= 4 is 29.9 Å². The van der Waals surface area contributed by atoms with Crippen LogP contribution in [-0.2, 0) is 6.54 Å². The van der Waals surface area contributed by atoms with Crippen molar-refractivity contribution in [3.63, 3.8) is 0 Å². The maximum atomic E-state index is 5.33. The second-order valence-corrected chi connectivity index (χ2v) is 7.13. The molecule has 2 rings (SSSR count). The minimum Gasteiger partial charge on any atom is -0.359 e. The van der Waals surface area contributed by atoms with E-state index in [1.807, 2.05) is 6.07 Å². The van der Waals surface area contributed by atoms with Crippen LogP contribution in [0.1, 0.15) is 57.4 Å². The first kappa shape index (κ1) is 22.2. The van der Waals surface area contributed by atoms with E-state index in [2.05, 4.69) is 46.5 Å². The van der Waals surface area contributed by atoms with Gasteiger partial charge in [-0.2, -0.15) is 0 Å². The van der Waals surface area contributed by atoms with Crippen molar-refractivity contribution in [3.05, 3.63) is 17.5 Å². The molecule has 0 bridgehead atoms. The molecular formula is C18H34IN5O. The Labute approximate surface area is 169 Å². The second-order valence-electron chi connectivity index (χ2n) is 7.13. The van der Waals surface area contributed by atoms with Gasteiger partial charge in [-0.05, 0) is 44.2 Å². The Morgan fingerprint density at radius 2 is 2.24 bits per heavy atom. The lowest BCUT2D eigenvalue weighted by molar-refractivity contribution is 0.182. The molecule has 2 N–H and O–H groups in total. The fourth-order valence-electron chi connectivity index (χ4n) is 3.08. The highest BCUT2D eigenvalue weighted by Crippen LogP contribution is 2.15. The average Bonchev–Trinajstić information content (AvgIpc) is 3.03. The number of hydrogen-bond donors (Lipinski definition) is 2. The highest BCUT2D eigenvalue weighted by Gasteiger charge is 2.15. The third-order valence-corrected chi connectivity index (χ3v) is 4.51. The summed E-state index contributed by atoms with van der Waals surface area (Å²) in [5, 5.41) is 10.7. The van der Waals surface area contributed by atoms with Gasteiger partial charge in [0.2, 0.25) is 0 Å². The van der Waals surface area contributed by atoms with Crippen molar-refractivity contribution in [3.8, 4) is 0 Å². The summed E-state index contributed by atoms with van der Waals surface area (Å²) in [4.78, 5) is 6.84. The first-order valence-corrected chi connectivity index (χ1v) is 9.21. The summed E-state index contributed by atoms with van der Waals surface area (Å²) in [7, 11) is 1.79. The molecule has 1 saturated heterocycles. The van der Waals surface area contributed by atoms with Crippen LogP contribution in [0.15, 0.2) is 15.6 Å². The number of nitrogens with zero attached hydrogens (tertiary/aromatic N) is 3. The van der Waals surface area contributed by atoms with Gasteiger partial charge in [-0.25, -0.2) is 0 Å². The Kier molecular flexibility index (Phi) is 10.4. The molecule has 0 aliphatic carbocycles. The first-order chi connectivity index (χ1) is 11.6. The Morgan fingerprint density at radius 1 is 1.44 bits per heavy atom. The highest BCUT2D eigenvalue weighted by atomic mass is 127. The van der Waals surface area contributed by atoms with Crippen molar-refractivity contribution < 1.29 is 4.52 Å². The lowest BCUT2D eigenvalue weighted by atomic mass is 10.0. The zero-order valence-electron chi connectivity index (χ0n) is 16.0. The number of hydrogen-bond acceptors (Lipinski definition) is 4. The summed E-state index contributed by atoms with van der Waals surface area (Å²) in [6.07, 6.45) is 3.85. The summed E-state index contributed by atoms with van der Waals surface area (Å²) in [6.45, 7) is 11.8. The summed E-state index contributed by atoms with van der Waals surface area (Å²) in [5.74, 6) is 2.88. The van der Waals surface area contributed by atoms with Gasteiger partial charge >= 0.3 is 0 Å². The van der Waals surface area contributed by atoms with Crippen molar-refractivity contribution in [1.82, 2.24) is 20.7 Å². The number of guanidine groups is 1. The van der Waals surface area contributed by atoms with E-state index in [1.54, 1.807) is 7.05 Å². The zero-order valence-corrected chi connectivity index (χ0v) is 18.4. The van der Waals surface area contributed by atoms with Crippen LogP contribution in [0.2, 0.25) is 0 Å². The number of likely N-dealkylation sites (tertiary alicyclic amines) is 1. The molecule has 1 aliphatic rings. The third kappa shape index (κ3) is 7.94. The number of aliphatic imine (C=N–C) groups is 1. The van der Waals surface area contributed by atoms with E-state index in [-0.39, 0.29) is 24.0 Å². The van der Waals surface area contributed by atoms with Crippen LogP contribution in [0.5, 0.6) is 0 Å². The summed E-state index contributed by atoms with van der Waals surface area (Å²) in [5.41, 5.74) is 0.991. The van der Waals surface area contributed by atoms with Gasteiger partial charge in [0.15, 0.2) is 11.7 Å². The predicted octanol–water partition coefficient (Wildman–Crippen LogP) is 3.20. The molecule has 0 spiro atoms. The SMILES string of the molecule is CN=C(NCCCN1CCCC(C)C1)NCc1cc(C(C)C)no1.I. The second kappa shape index (κ2) is 11.7. The smallest absolute Gasteiger partial charge is 0.191 e. The highest BCUT2D eigenvalue weighted by molar-refractivity contribution is 14.0. The van der Waals surface area contributed by atoms with E-state index in [4.69, 9.17) is 4.52 Å². The monoisotopic (exact) mass is 463 g/mol. The fraction of sp³-hybridized carbons (Fsp3) is 0.778. The number of halogens is 1. The van der Waals surface area contributed by atoms with Gasteiger partial charge in [-0.15, -0.1) is 24.0 Å². The first-order valence-electron chi connectivity index (χ1n) is 9.21. The lowest BCUT2D eigenvalue weighted by Crippen LogP contribution is -2.39. The van der Waals surface area contributed by atoms with Crippen LogP contribution in [-0.4, -0.2) is 49.2 Å². The molecule has 1 aliphatic heterocycles. The normalized spacial score (nSPS) is 18.9. The van der Waals surface area contributed by atoms with Crippen molar-refractivity contribution in [2.45, 2.75) is 52.5 Å². The lowest BCUT2D eigenvalue weighted by Gasteiger charge is -2.30. The van der Waals surface area contributed by atoms with E-state index in [1.165, 1.54) is 25.9 Å². The molecule has 1 unspecified atom stereocenters. The molecule has 1 aromatic rings. The Bertz CT molecular complexity index is 517. The predicted molar refractivity (Wildman–Crippen MR) is 114 cm³/mol. The molecule has 0 amide bonds. The van der Waals surface area contributed by atoms with Crippen LogP contribution in [0.4, 0.5) is 0 Å². The Morgan fingerprint density at radius 3 is 2.88 bits per heavy atom. The summed E-state index contributed by atoms with van der Waals surface area (Å²) < 4.78 is 5.33. The largest absolute Gasteiger partial charge is 0.359 e. The maximum Gasteiger partial charge on any atom is 0.191 e. The van der Waals surface area contributed by atoms with Gasteiger partial charge in [-0.3, -0.25) is 4.99 Å². The quantitative estimate of drug-likeness (QED) is 0.282. The average molecular weight is 463 g/mol. The van der Waals surface area contributed by atoms with E-state index >= 15 is 0 Å². The molecule has 0 radical (unpaired) electrons. The molecule has 2 heterocycles. The molecule has 7 heteroatoms. The fourth-order valence-corrected chi connectivity index (χ4v) is 3.08. The molecular weight excluding hydrogens is 429 g/mol. The van der Waals surface area contributed by atoms with Crippen LogP contribution in [0.25, 0.3) is 0 Å². The van der Waals surface area contributed by atoms with Crippen molar-refractivity contribution in [2.24, 2.45) is 10.9 Å². The summed E-state index contributed by atoms with van der Waals surface area (Å²) >= 11 is 0. The van der Waals surface area contributed by atoms with Gasteiger partial charge < -0.3 is 20.1 Å². The van der Waals surface area contributed by atoms with E-state index in [0.29, 0.717) is 12.5 Å². The molecule has 25 heavy (non-hydrogen) atoms. The van der Waals surface area contributed by atoms with E-state index in [0.717, 1.165) is 42.8 Å². The van der Waals surface area contributed by atoms with Gasteiger partial charge in [-0.1, -0.05) is 25.9 Å². The standard InChI is InChI=1S/C18H33N5O.HI/c1-14(2)17-11-16(24-22-17)12-21-18(19-4)20-8-6-10-23-9-5-7-15(3)13-23;/h11,14-15H,5-10,12-13H2,1-4H3,(H2,19,20,21);1H. The molecule has 1 aromatic heterocycles. The Balaban J connectivity index is 0.00000312. The number of nitrogens with one attached hydrogen (secondary N) is 2. The molecule has 0 saturated carbocycles. The van der Waals surface area contributed by atoms with Crippen LogP contribution in [0.3, 0.4) is 0 Å². The van der Waals surface area contributed by atoms with Crippen molar-refractivity contribution in [2.75, 3.05) is 33.2 Å². The van der Waals surface area contributed by atoms with Crippen LogP contribution < -0.4 is 10.6 Å². The number of piperidine rings is 1. The van der Waals surface area contributed by atoms with Gasteiger partial charge in [0, 0.05) is 26.2 Å². The van der Waals surface area contributed by atoms with Crippen LogP contribution in [0, 0.1) is 5.92 Å². The minimum atomic E-state index is 0. The van der Waals surface area contributed by atoms with Gasteiger partial charge in [0.25, 0.3) is 0 Å². The topological polar surface area (TPSA) is 65.7 Å². The third-order valence-electron chi connectivity index (χ3n) is 4.51. The minimum absolute atomic E-state index is 0. The van der Waals surface area contributed by atoms with E-state index < -0.39 is 0 Å². The van der Waals surface area contributed by atoms with Gasteiger partial charge in [0.1, 0.15) is 0 Å². The van der Waals surface area contributed by atoms with E-state index in [9.17, 15) is 0 Å². The molecule has 1 fully saturated rings. The van der Waals surface area contributed by atoms with Crippen molar-refractivity contribution in [1.29, 1.82) is 0 Å². The molecule has 0 aromatic carbocycles.